The maximum Gasteiger partial charge on any atom is 0.253 e. The monoisotopic (exact) mass is 518 g/mol. The van der Waals surface area contributed by atoms with Crippen molar-refractivity contribution in [2.45, 2.75) is 25.8 Å². The molecule has 1 fully saturated rings. The average Bonchev–Trinajstić information content (AvgIpc) is 3.27. The molecule has 1 aliphatic rings. The maximum atomic E-state index is 12.4. The number of rotatable bonds is 4. The number of hydrogen-bond acceptors (Lipinski definition) is 2. The van der Waals surface area contributed by atoms with Crippen LogP contribution in [0.3, 0.4) is 0 Å². The number of carbonyl (C=O) groups is 1. The van der Waals surface area contributed by atoms with E-state index in [1.807, 2.05) is 18.2 Å². The van der Waals surface area contributed by atoms with Crippen molar-refractivity contribution in [3.63, 3.8) is 0 Å². The van der Waals surface area contributed by atoms with E-state index < -0.39 is 0 Å². The summed E-state index contributed by atoms with van der Waals surface area (Å²) in [6.07, 6.45) is 2.18. The Morgan fingerprint density at radius 3 is 2.32 bits per heavy atom. The quantitative estimate of drug-likeness (QED) is 0.570. The van der Waals surface area contributed by atoms with Gasteiger partial charge < -0.3 is 10.6 Å². The molecule has 5 heteroatoms. The van der Waals surface area contributed by atoms with E-state index in [0.29, 0.717) is 11.6 Å². The highest BCUT2D eigenvalue weighted by Gasteiger charge is 2.25. The van der Waals surface area contributed by atoms with E-state index in [1.165, 1.54) is 9.13 Å². The Kier molecular flexibility index (Phi) is 4.91. The van der Waals surface area contributed by atoms with Gasteiger partial charge in [0.2, 0.25) is 0 Å². The maximum absolute atomic E-state index is 12.4. The molecule has 0 spiro atoms. The smallest absolute Gasteiger partial charge is 0.253 e. The van der Waals surface area contributed by atoms with Gasteiger partial charge in [-0.25, -0.2) is 0 Å². The van der Waals surface area contributed by atoms with Gasteiger partial charge in [0, 0.05) is 18.9 Å². The molecule has 0 saturated heterocycles. The molecule has 2 aromatic rings. The summed E-state index contributed by atoms with van der Waals surface area (Å²) in [6.45, 7) is 2.07. The number of carbonyl (C=O) groups excluding carboxylic acids is 1. The van der Waals surface area contributed by atoms with Crippen LogP contribution in [-0.4, -0.2) is 11.9 Å². The summed E-state index contributed by atoms with van der Waals surface area (Å²) in [5.41, 5.74) is 3.75. The molecule has 2 aromatic carbocycles. The zero-order valence-electron chi connectivity index (χ0n) is 12.1. The number of aryl methyl sites for hydroxylation is 1. The minimum Gasteiger partial charge on any atom is -0.355 e. The van der Waals surface area contributed by atoms with Crippen LogP contribution >= 0.6 is 45.2 Å². The van der Waals surface area contributed by atoms with Crippen LogP contribution in [0.5, 0.6) is 0 Å². The van der Waals surface area contributed by atoms with Crippen molar-refractivity contribution < 1.29 is 4.79 Å². The van der Waals surface area contributed by atoms with Gasteiger partial charge in [-0.1, -0.05) is 0 Å². The summed E-state index contributed by atoms with van der Waals surface area (Å²) in [7, 11) is 0. The van der Waals surface area contributed by atoms with Crippen LogP contribution in [0.2, 0.25) is 0 Å². The molecule has 0 aromatic heterocycles. The second-order valence-corrected chi connectivity index (χ2v) is 8.01. The fraction of sp³-hybridized carbons (Fsp3) is 0.235. The molecule has 3 rings (SSSR count). The van der Waals surface area contributed by atoms with Gasteiger partial charge >= 0.3 is 0 Å². The highest BCUT2D eigenvalue weighted by atomic mass is 127. The van der Waals surface area contributed by atoms with Gasteiger partial charge in [-0.15, -0.1) is 0 Å². The van der Waals surface area contributed by atoms with E-state index in [0.717, 1.165) is 27.8 Å². The summed E-state index contributed by atoms with van der Waals surface area (Å²) in [5, 5.41) is 6.47. The summed E-state index contributed by atoms with van der Waals surface area (Å²) in [5.74, 6) is 0.00619. The van der Waals surface area contributed by atoms with Gasteiger partial charge in [0.15, 0.2) is 0 Å². The first-order valence-corrected chi connectivity index (χ1v) is 9.32. The standard InChI is InChI=1S/C17H16I2N2O/c1-10-8-11(18)2-6-15(10)21-16-7-3-12(19)9-14(16)17(22)20-13-4-5-13/h2-3,6-9,13,21H,4-5H2,1H3,(H,20,22). The molecule has 2 N–H and O–H groups in total. The average molecular weight is 518 g/mol. The van der Waals surface area contributed by atoms with E-state index >= 15 is 0 Å². The molecule has 0 unspecified atom stereocenters. The molecule has 3 nitrogen and oxygen atoms in total. The third-order valence-electron chi connectivity index (χ3n) is 3.60. The Morgan fingerprint density at radius 1 is 1.05 bits per heavy atom. The molecule has 1 saturated carbocycles. The van der Waals surface area contributed by atoms with Crippen molar-refractivity contribution in [2.75, 3.05) is 5.32 Å². The molecule has 22 heavy (non-hydrogen) atoms. The van der Waals surface area contributed by atoms with Crippen LogP contribution in [0.15, 0.2) is 36.4 Å². The number of benzene rings is 2. The summed E-state index contributed by atoms with van der Waals surface area (Å²) < 4.78 is 2.26. The SMILES string of the molecule is Cc1cc(I)ccc1Nc1ccc(I)cc1C(=O)NC1CC1. The van der Waals surface area contributed by atoms with Gasteiger partial charge in [-0.05, 0) is 107 Å². The van der Waals surface area contributed by atoms with Crippen molar-refractivity contribution in [3.05, 3.63) is 54.7 Å². The van der Waals surface area contributed by atoms with Crippen LogP contribution in [0, 0.1) is 14.1 Å². The first kappa shape index (κ1) is 16.0. The lowest BCUT2D eigenvalue weighted by atomic mass is 10.1. The lowest BCUT2D eigenvalue weighted by Crippen LogP contribution is -2.26. The molecule has 1 amide bonds. The lowest BCUT2D eigenvalue weighted by Gasteiger charge is -2.14. The Labute approximate surface area is 157 Å². The zero-order chi connectivity index (χ0) is 15.7. The summed E-state index contributed by atoms with van der Waals surface area (Å²) in [6, 6.07) is 12.5. The molecule has 114 valence electrons. The Hall–Kier alpha value is -0.830. The number of hydrogen-bond donors (Lipinski definition) is 2. The first-order valence-electron chi connectivity index (χ1n) is 7.16. The Balaban J connectivity index is 1.90. The summed E-state index contributed by atoms with van der Waals surface area (Å²) in [4.78, 5) is 12.4. The largest absolute Gasteiger partial charge is 0.355 e. The Morgan fingerprint density at radius 2 is 1.68 bits per heavy atom. The molecule has 1 aliphatic carbocycles. The molecule has 0 atom stereocenters. The fourth-order valence-corrected chi connectivity index (χ4v) is 3.35. The topological polar surface area (TPSA) is 41.1 Å². The van der Waals surface area contributed by atoms with E-state index in [4.69, 9.17) is 0 Å². The van der Waals surface area contributed by atoms with Crippen molar-refractivity contribution in [3.8, 4) is 0 Å². The third kappa shape index (κ3) is 3.92. The molecule has 0 radical (unpaired) electrons. The molecular weight excluding hydrogens is 502 g/mol. The number of halogens is 2. The first-order chi connectivity index (χ1) is 10.5. The molecule has 0 bridgehead atoms. The zero-order valence-corrected chi connectivity index (χ0v) is 16.4. The minimum absolute atomic E-state index is 0.00619. The second kappa shape index (κ2) is 6.74. The van der Waals surface area contributed by atoms with Crippen molar-refractivity contribution in [1.29, 1.82) is 0 Å². The predicted octanol–water partition coefficient (Wildman–Crippen LogP) is 4.84. The fourth-order valence-electron chi connectivity index (χ4n) is 2.22. The number of nitrogens with one attached hydrogen (secondary N) is 2. The predicted molar refractivity (Wildman–Crippen MR) is 107 cm³/mol. The highest BCUT2D eigenvalue weighted by Crippen LogP contribution is 2.27. The van der Waals surface area contributed by atoms with Crippen molar-refractivity contribution in [2.24, 2.45) is 0 Å². The van der Waals surface area contributed by atoms with E-state index in [2.05, 4.69) is 80.9 Å². The van der Waals surface area contributed by atoms with Crippen LogP contribution < -0.4 is 10.6 Å². The molecule has 0 heterocycles. The lowest BCUT2D eigenvalue weighted by molar-refractivity contribution is 0.0952. The van der Waals surface area contributed by atoms with E-state index in [-0.39, 0.29) is 5.91 Å². The van der Waals surface area contributed by atoms with Crippen LogP contribution in [-0.2, 0) is 0 Å². The summed E-state index contributed by atoms with van der Waals surface area (Å²) >= 11 is 4.54. The van der Waals surface area contributed by atoms with E-state index in [9.17, 15) is 4.79 Å². The van der Waals surface area contributed by atoms with Crippen LogP contribution in [0.25, 0.3) is 0 Å². The highest BCUT2D eigenvalue weighted by molar-refractivity contribution is 14.1. The van der Waals surface area contributed by atoms with Gasteiger partial charge in [0.25, 0.3) is 5.91 Å². The molecule has 0 aliphatic heterocycles. The van der Waals surface area contributed by atoms with Crippen molar-refractivity contribution >= 4 is 62.5 Å². The van der Waals surface area contributed by atoms with Gasteiger partial charge in [0.1, 0.15) is 0 Å². The third-order valence-corrected chi connectivity index (χ3v) is 4.94. The van der Waals surface area contributed by atoms with Gasteiger partial charge in [-0.2, -0.15) is 0 Å². The second-order valence-electron chi connectivity index (χ2n) is 5.52. The minimum atomic E-state index is 0.00619. The number of anilines is 2. The normalized spacial score (nSPS) is 13.8. The van der Waals surface area contributed by atoms with Gasteiger partial charge in [-0.3, -0.25) is 4.79 Å². The molecular formula is C17H16I2N2O. The van der Waals surface area contributed by atoms with Crippen LogP contribution in [0.4, 0.5) is 11.4 Å². The van der Waals surface area contributed by atoms with E-state index in [1.54, 1.807) is 0 Å². The van der Waals surface area contributed by atoms with Crippen molar-refractivity contribution in [1.82, 2.24) is 5.32 Å². The Bertz CT molecular complexity index is 727. The number of amides is 1. The van der Waals surface area contributed by atoms with Crippen LogP contribution in [0.1, 0.15) is 28.8 Å². The van der Waals surface area contributed by atoms with Gasteiger partial charge in [0.05, 0.1) is 11.3 Å².